The van der Waals surface area contributed by atoms with Crippen molar-refractivity contribution in [2.24, 2.45) is 5.73 Å². The molecule has 0 aliphatic rings. The fourth-order valence-corrected chi connectivity index (χ4v) is 3.32. The molecule has 3 aromatic carbocycles. The Morgan fingerprint density at radius 2 is 1.41 bits per heavy atom. The summed E-state index contributed by atoms with van der Waals surface area (Å²) in [5.74, 6) is 3.42. The number of amides is 2. The summed E-state index contributed by atoms with van der Waals surface area (Å²) in [6, 6.07) is 23.2. The number of aliphatic carboxylic acids is 1. The van der Waals surface area contributed by atoms with Gasteiger partial charge in [0, 0.05) is 28.7 Å². The number of rotatable bonds is 8. The van der Waals surface area contributed by atoms with Crippen LogP contribution in [-0.4, -0.2) is 34.0 Å². The standard InChI is InChI=1S/C27H24N2O5/c28-24(30)16-15-23(26(32)33)29-25(31)20-13-11-19(12-14-20)17-18-27(34,21-7-3-1-4-8-21)22-9-5-2-6-10-22/h1-14,23,34H,15-16H2,(H2,28,30)(H,29,31)(H,32,33)/t23-/m0/s1. The zero-order chi connectivity index (χ0) is 24.6. The molecule has 0 fully saturated rings. The lowest BCUT2D eigenvalue weighted by Gasteiger charge is -2.23. The molecule has 3 aromatic rings. The maximum atomic E-state index is 12.4. The van der Waals surface area contributed by atoms with E-state index in [2.05, 4.69) is 17.2 Å². The number of hydrogen-bond donors (Lipinski definition) is 4. The Morgan fingerprint density at radius 1 is 0.882 bits per heavy atom. The predicted molar refractivity (Wildman–Crippen MR) is 127 cm³/mol. The van der Waals surface area contributed by atoms with Gasteiger partial charge in [-0.2, -0.15) is 0 Å². The summed E-state index contributed by atoms with van der Waals surface area (Å²) in [5, 5.41) is 23.1. The van der Waals surface area contributed by atoms with Crippen molar-refractivity contribution in [3.8, 4) is 11.8 Å². The molecule has 34 heavy (non-hydrogen) atoms. The summed E-state index contributed by atoms with van der Waals surface area (Å²) in [6.07, 6.45) is -0.255. The van der Waals surface area contributed by atoms with E-state index in [0.717, 1.165) is 0 Å². The molecule has 0 saturated carbocycles. The van der Waals surface area contributed by atoms with Crippen LogP contribution < -0.4 is 11.1 Å². The number of nitrogens with two attached hydrogens (primary N) is 1. The van der Waals surface area contributed by atoms with E-state index in [9.17, 15) is 24.6 Å². The van der Waals surface area contributed by atoms with Gasteiger partial charge in [-0.1, -0.05) is 72.5 Å². The third kappa shape index (κ3) is 6.09. The number of nitrogens with one attached hydrogen (secondary N) is 1. The number of aliphatic hydroxyl groups is 1. The highest BCUT2D eigenvalue weighted by atomic mass is 16.4. The number of carboxylic acid groups (broad SMARTS) is 1. The van der Waals surface area contributed by atoms with Gasteiger partial charge in [-0.3, -0.25) is 9.59 Å². The lowest BCUT2D eigenvalue weighted by molar-refractivity contribution is -0.139. The molecule has 7 nitrogen and oxygen atoms in total. The molecule has 5 N–H and O–H groups in total. The van der Waals surface area contributed by atoms with Gasteiger partial charge in [0.2, 0.25) is 5.91 Å². The number of hydrogen-bond acceptors (Lipinski definition) is 4. The second kappa shape index (κ2) is 10.9. The minimum atomic E-state index is -1.53. The van der Waals surface area contributed by atoms with Gasteiger partial charge in [-0.15, -0.1) is 0 Å². The van der Waals surface area contributed by atoms with Crippen LogP contribution in [0.15, 0.2) is 84.9 Å². The minimum absolute atomic E-state index is 0.0997. The molecule has 0 spiro atoms. The molecule has 1 atom stereocenters. The number of carboxylic acids is 1. The van der Waals surface area contributed by atoms with Crippen LogP contribution in [0.5, 0.6) is 0 Å². The van der Waals surface area contributed by atoms with Gasteiger partial charge < -0.3 is 21.3 Å². The average Bonchev–Trinajstić information content (AvgIpc) is 2.86. The molecule has 0 unspecified atom stereocenters. The van der Waals surface area contributed by atoms with Crippen LogP contribution in [0.4, 0.5) is 0 Å². The van der Waals surface area contributed by atoms with Crippen molar-refractivity contribution in [2.75, 3.05) is 0 Å². The maximum absolute atomic E-state index is 12.4. The van der Waals surface area contributed by atoms with Crippen LogP contribution >= 0.6 is 0 Å². The number of carbonyl (C=O) groups excluding carboxylic acids is 2. The molecule has 3 rings (SSSR count). The second-order valence-electron chi connectivity index (χ2n) is 7.64. The van der Waals surface area contributed by atoms with Gasteiger partial charge in [0.25, 0.3) is 5.91 Å². The third-order valence-electron chi connectivity index (χ3n) is 5.20. The summed E-state index contributed by atoms with van der Waals surface area (Å²) in [4.78, 5) is 34.7. The Morgan fingerprint density at radius 3 is 1.88 bits per heavy atom. The molecule has 0 bridgehead atoms. The van der Waals surface area contributed by atoms with Gasteiger partial charge in [0.15, 0.2) is 5.60 Å². The molecule has 2 amide bonds. The zero-order valence-electron chi connectivity index (χ0n) is 18.3. The number of carbonyl (C=O) groups is 3. The van der Waals surface area contributed by atoms with Crippen molar-refractivity contribution in [1.29, 1.82) is 0 Å². The van der Waals surface area contributed by atoms with Crippen molar-refractivity contribution in [3.63, 3.8) is 0 Å². The largest absolute Gasteiger partial charge is 0.480 e. The van der Waals surface area contributed by atoms with E-state index in [-0.39, 0.29) is 18.4 Å². The van der Waals surface area contributed by atoms with Crippen molar-refractivity contribution in [3.05, 3.63) is 107 Å². The normalized spacial score (nSPS) is 11.6. The highest BCUT2D eigenvalue weighted by Crippen LogP contribution is 2.29. The van der Waals surface area contributed by atoms with Crippen LogP contribution in [0.1, 0.15) is 39.9 Å². The van der Waals surface area contributed by atoms with E-state index in [0.29, 0.717) is 16.7 Å². The molecule has 0 aliphatic heterocycles. The SMILES string of the molecule is NC(=O)CC[C@H](NC(=O)c1ccc(C#CC(O)(c2ccccc2)c2ccccc2)cc1)C(=O)O. The molecule has 7 heteroatoms. The lowest BCUT2D eigenvalue weighted by Crippen LogP contribution is -2.41. The molecule has 0 radical (unpaired) electrons. The molecular weight excluding hydrogens is 432 g/mol. The van der Waals surface area contributed by atoms with Gasteiger partial charge in [0.1, 0.15) is 6.04 Å². The van der Waals surface area contributed by atoms with E-state index < -0.39 is 29.4 Å². The summed E-state index contributed by atoms with van der Waals surface area (Å²) in [6.45, 7) is 0. The Labute approximate surface area is 197 Å². The summed E-state index contributed by atoms with van der Waals surface area (Å²) in [7, 11) is 0. The summed E-state index contributed by atoms with van der Waals surface area (Å²) in [5.41, 5.74) is 5.57. The Balaban J connectivity index is 1.81. The first-order valence-corrected chi connectivity index (χ1v) is 10.6. The highest BCUT2D eigenvalue weighted by molar-refractivity contribution is 5.96. The Hall–Kier alpha value is -4.41. The summed E-state index contributed by atoms with van der Waals surface area (Å²) >= 11 is 0. The van der Waals surface area contributed by atoms with Crippen LogP contribution in [0.25, 0.3) is 0 Å². The lowest BCUT2D eigenvalue weighted by atomic mass is 9.86. The fourth-order valence-electron chi connectivity index (χ4n) is 3.32. The van der Waals surface area contributed by atoms with Crippen LogP contribution in [0, 0.1) is 11.8 Å². The van der Waals surface area contributed by atoms with Gasteiger partial charge in [0.05, 0.1) is 0 Å². The first kappa shape index (κ1) is 24.2. The quantitative estimate of drug-likeness (QED) is 0.387. The van der Waals surface area contributed by atoms with Gasteiger partial charge >= 0.3 is 5.97 Å². The van der Waals surface area contributed by atoms with Gasteiger partial charge in [-0.05, 0) is 30.7 Å². The van der Waals surface area contributed by atoms with E-state index in [4.69, 9.17) is 5.73 Å². The van der Waals surface area contributed by atoms with Crippen LogP contribution in [0.2, 0.25) is 0 Å². The topological polar surface area (TPSA) is 130 Å². The maximum Gasteiger partial charge on any atom is 0.326 e. The predicted octanol–water partition coefficient (Wildman–Crippen LogP) is 2.42. The van der Waals surface area contributed by atoms with Crippen molar-refractivity contribution >= 4 is 17.8 Å². The molecule has 172 valence electrons. The Kier molecular flexibility index (Phi) is 7.80. The molecular formula is C27H24N2O5. The first-order valence-electron chi connectivity index (χ1n) is 10.6. The molecule has 0 heterocycles. The Bertz CT molecular complexity index is 1170. The fraction of sp³-hybridized carbons (Fsp3) is 0.148. The number of benzene rings is 3. The van der Waals surface area contributed by atoms with Crippen molar-refractivity contribution in [1.82, 2.24) is 5.32 Å². The van der Waals surface area contributed by atoms with Crippen LogP contribution in [-0.2, 0) is 15.2 Å². The third-order valence-corrected chi connectivity index (χ3v) is 5.20. The van der Waals surface area contributed by atoms with Crippen molar-refractivity contribution in [2.45, 2.75) is 24.5 Å². The molecule has 0 aromatic heterocycles. The smallest absolute Gasteiger partial charge is 0.326 e. The highest BCUT2D eigenvalue weighted by Gasteiger charge is 2.29. The van der Waals surface area contributed by atoms with E-state index >= 15 is 0 Å². The van der Waals surface area contributed by atoms with E-state index in [1.165, 1.54) is 12.1 Å². The first-order chi connectivity index (χ1) is 16.3. The second-order valence-corrected chi connectivity index (χ2v) is 7.64. The average molecular weight is 456 g/mol. The molecule has 0 saturated heterocycles. The monoisotopic (exact) mass is 456 g/mol. The van der Waals surface area contributed by atoms with Crippen LogP contribution in [0.3, 0.4) is 0 Å². The minimum Gasteiger partial charge on any atom is -0.480 e. The molecule has 0 aliphatic carbocycles. The van der Waals surface area contributed by atoms with Gasteiger partial charge in [-0.25, -0.2) is 4.79 Å². The van der Waals surface area contributed by atoms with E-state index in [1.807, 2.05) is 36.4 Å². The zero-order valence-corrected chi connectivity index (χ0v) is 18.3. The van der Waals surface area contributed by atoms with Crippen molar-refractivity contribution < 1.29 is 24.6 Å². The summed E-state index contributed by atoms with van der Waals surface area (Å²) < 4.78 is 0. The van der Waals surface area contributed by atoms with E-state index in [1.54, 1.807) is 36.4 Å². The number of primary amides is 1.